The molecule has 0 aliphatic rings. The normalized spacial score (nSPS) is 9.86. The van der Waals surface area contributed by atoms with Crippen LogP contribution >= 0.6 is 0 Å². The summed E-state index contributed by atoms with van der Waals surface area (Å²) in [5, 5.41) is 0. The fourth-order valence-electron chi connectivity index (χ4n) is 0.860. The van der Waals surface area contributed by atoms with E-state index in [1.54, 1.807) is 0 Å². The first-order valence-corrected chi connectivity index (χ1v) is 4.06. The van der Waals surface area contributed by atoms with E-state index in [-0.39, 0.29) is 24.8 Å². The molecular weight excluding hydrogens is 187 g/mol. The Hall–Kier alpha value is -1.46. The first-order valence-electron chi connectivity index (χ1n) is 4.06. The molecule has 0 saturated carbocycles. The summed E-state index contributed by atoms with van der Waals surface area (Å²) in [5.41, 5.74) is 2.22. The van der Waals surface area contributed by atoms with Crippen molar-refractivity contribution in [2.75, 3.05) is 13.2 Å². The number of Topliss-reactive ketones (excluding diaryl/α,β-unsaturated/α-hetero) is 1. The molecule has 1 aromatic carbocycles. The van der Waals surface area contributed by atoms with E-state index in [9.17, 15) is 9.18 Å². The fourth-order valence-corrected chi connectivity index (χ4v) is 0.860. The Morgan fingerprint density at radius 1 is 1.43 bits per heavy atom. The van der Waals surface area contributed by atoms with Gasteiger partial charge in [-0.2, -0.15) is 0 Å². The summed E-state index contributed by atoms with van der Waals surface area (Å²) in [6.45, 7) is -0.0168. The van der Waals surface area contributed by atoms with E-state index < -0.39 is 0 Å². The molecule has 0 aliphatic heterocycles. The molecule has 1 aromatic rings. The highest BCUT2D eigenvalue weighted by Crippen LogP contribution is 2.10. The van der Waals surface area contributed by atoms with Crippen molar-refractivity contribution in [3.05, 3.63) is 30.1 Å². The largest absolute Gasteiger partial charge is 0.486 e. The topological polar surface area (TPSA) is 64.3 Å². The molecule has 0 amide bonds. The number of halogens is 1. The van der Waals surface area contributed by atoms with Crippen molar-refractivity contribution in [1.29, 1.82) is 0 Å². The van der Waals surface area contributed by atoms with Crippen LogP contribution in [-0.4, -0.2) is 18.9 Å². The van der Waals surface area contributed by atoms with Crippen LogP contribution < -0.4 is 16.0 Å². The van der Waals surface area contributed by atoms with Gasteiger partial charge in [-0.05, 0) is 24.3 Å². The summed E-state index contributed by atoms with van der Waals surface area (Å²) in [5.74, 6) is 4.89. The van der Waals surface area contributed by atoms with Crippen LogP contribution in [0.4, 0.5) is 4.39 Å². The predicted molar refractivity (Wildman–Crippen MR) is 49.1 cm³/mol. The minimum absolute atomic E-state index is 0.0567. The first kappa shape index (κ1) is 10.6. The molecule has 0 aliphatic carbocycles. The average Bonchev–Trinajstić information content (AvgIpc) is 2.17. The van der Waals surface area contributed by atoms with Crippen molar-refractivity contribution in [3.8, 4) is 5.75 Å². The van der Waals surface area contributed by atoms with Gasteiger partial charge in [0.25, 0.3) is 0 Å². The monoisotopic (exact) mass is 198 g/mol. The number of nitrogens with two attached hydrogens (primary N) is 1. The lowest BCUT2D eigenvalue weighted by Gasteiger charge is -2.04. The number of benzene rings is 1. The molecule has 0 unspecified atom stereocenters. The summed E-state index contributed by atoms with van der Waals surface area (Å²) >= 11 is 0. The Morgan fingerprint density at radius 2 is 2.07 bits per heavy atom. The van der Waals surface area contributed by atoms with Gasteiger partial charge in [-0.3, -0.25) is 16.1 Å². The van der Waals surface area contributed by atoms with Crippen molar-refractivity contribution in [3.63, 3.8) is 0 Å². The standard InChI is InChI=1S/C9H11FN2O2/c10-7-1-3-9(4-2-7)14-6-8(13)5-12-11/h1-4,12H,5-6,11H2. The molecule has 14 heavy (non-hydrogen) atoms. The number of nitrogens with one attached hydrogen (secondary N) is 1. The highest BCUT2D eigenvalue weighted by molar-refractivity contribution is 5.81. The van der Waals surface area contributed by atoms with Crippen molar-refractivity contribution in [2.45, 2.75) is 0 Å². The zero-order valence-corrected chi connectivity index (χ0v) is 7.50. The number of ketones is 1. The molecule has 0 fully saturated rings. The highest BCUT2D eigenvalue weighted by Gasteiger charge is 2.01. The third-order valence-electron chi connectivity index (χ3n) is 1.51. The van der Waals surface area contributed by atoms with Crippen LogP contribution in [0.2, 0.25) is 0 Å². The molecule has 0 bridgehead atoms. The number of carbonyl (C=O) groups is 1. The zero-order chi connectivity index (χ0) is 10.4. The zero-order valence-electron chi connectivity index (χ0n) is 7.50. The molecular formula is C9H11FN2O2. The summed E-state index contributed by atoms with van der Waals surface area (Å²) in [7, 11) is 0. The number of rotatable bonds is 5. The maximum Gasteiger partial charge on any atom is 0.185 e. The van der Waals surface area contributed by atoms with E-state index in [1.807, 2.05) is 0 Å². The highest BCUT2D eigenvalue weighted by atomic mass is 19.1. The van der Waals surface area contributed by atoms with E-state index in [0.29, 0.717) is 5.75 Å². The maximum absolute atomic E-state index is 12.5. The Labute approximate surface area is 80.8 Å². The fraction of sp³-hybridized carbons (Fsp3) is 0.222. The van der Waals surface area contributed by atoms with E-state index >= 15 is 0 Å². The maximum atomic E-state index is 12.5. The van der Waals surface area contributed by atoms with Crippen LogP contribution in [0.3, 0.4) is 0 Å². The van der Waals surface area contributed by atoms with Crippen LogP contribution in [0.5, 0.6) is 5.75 Å². The van der Waals surface area contributed by atoms with Gasteiger partial charge in [0, 0.05) is 0 Å². The number of hydrogen-bond acceptors (Lipinski definition) is 4. The number of ether oxygens (including phenoxy) is 1. The van der Waals surface area contributed by atoms with Crippen molar-refractivity contribution >= 4 is 5.78 Å². The molecule has 0 radical (unpaired) electrons. The summed E-state index contributed by atoms with van der Waals surface area (Å²) < 4.78 is 17.5. The van der Waals surface area contributed by atoms with Gasteiger partial charge in [0.1, 0.15) is 18.2 Å². The predicted octanol–water partition coefficient (Wildman–Crippen LogP) is 0.237. The summed E-state index contributed by atoms with van der Waals surface area (Å²) in [6.07, 6.45) is 0. The number of carbonyl (C=O) groups excluding carboxylic acids is 1. The lowest BCUT2D eigenvalue weighted by molar-refractivity contribution is -0.120. The first-order chi connectivity index (χ1) is 6.72. The summed E-state index contributed by atoms with van der Waals surface area (Å²) in [4.78, 5) is 10.9. The van der Waals surface area contributed by atoms with Crippen molar-refractivity contribution in [1.82, 2.24) is 5.43 Å². The van der Waals surface area contributed by atoms with Crippen LogP contribution in [-0.2, 0) is 4.79 Å². The minimum Gasteiger partial charge on any atom is -0.486 e. The van der Waals surface area contributed by atoms with Gasteiger partial charge in [-0.1, -0.05) is 0 Å². The van der Waals surface area contributed by atoms with Crippen LogP contribution in [0.25, 0.3) is 0 Å². The van der Waals surface area contributed by atoms with E-state index in [2.05, 4.69) is 5.43 Å². The molecule has 76 valence electrons. The van der Waals surface area contributed by atoms with E-state index in [1.165, 1.54) is 24.3 Å². The minimum atomic E-state index is -0.340. The average molecular weight is 198 g/mol. The van der Waals surface area contributed by atoms with Gasteiger partial charge in [0.2, 0.25) is 0 Å². The molecule has 1 rings (SSSR count). The van der Waals surface area contributed by atoms with Gasteiger partial charge < -0.3 is 4.74 Å². The SMILES string of the molecule is NNCC(=O)COc1ccc(F)cc1. The van der Waals surface area contributed by atoms with Gasteiger partial charge in [0.15, 0.2) is 5.78 Å². The van der Waals surface area contributed by atoms with E-state index in [4.69, 9.17) is 10.6 Å². The number of hydrazine groups is 1. The molecule has 0 heterocycles. The molecule has 0 spiro atoms. The second kappa shape index (κ2) is 5.31. The van der Waals surface area contributed by atoms with Gasteiger partial charge in [-0.15, -0.1) is 0 Å². The third-order valence-corrected chi connectivity index (χ3v) is 1.51. The number of hydrogen-bond donors (Lipinski definition) is 2. The lowest BCUT2D eigenvalue weighted by atomic mass is 10.3. The van der Waals surface area contributed by atoms with Crippen LogP contribution in [0.15, 0.2) is 24.3 Å². The molecule has 3 N–H and O–H groups in total. The lowest BCUT2D eigenvalue weighted by Crippen LogP contribution is -2.31. The Bertz CT molecular complexity index is 300. The molecule has 0 aromatic heterocycles. The molecule has 4 nitrogen and oxygen atoms in total. The van der Waals surface area contributed by atoms with Crippen molar-refractivity contribution in [2.24, 2.45) is 5.84 Å². The second-order valence-electron chi connectivity index (χ2n) is 2.66. The van der Waals surface area contributed by atoms with Gasteiger partial charge in [-0.25, -0.2) is 4.39 Å². The second-order valence-corrected chi connectivity index (χ2v) is 2.66. The van der Waals surface area contributed by atoms with Gasteiger partial charge in [0.05, 0.1) is 6.54 Å². The third kappa shape index (κ3) is 3.51. The van der Waals surface area contributed by atoms with Crippen molar-refractivity contribution < 1.29 is 13.9 Å². The van der Waals surface area contributed by atoms with Crippen LogP contribution in [0.1, 0.15) is 0 Å². The quantitative estimate of drug-likeness (QED) is 0.525. The Kier molecular flexibility index (Phi) is 4.03. The molecule has 5 heteroatoms. The Balaban J connectivity index is 2.38. The molecule has 0 atom stereocenters. The summed E-state index contributed by atoms with van der Waals surface area (Å²) in [6, 6.07) is 5.44. The van der Waals surface area contributed by atoms with Gasteiger partial charge >= 0.3 is 0 Å². The van der Waals surface area contributed by atoms with E-state index in [0.717, 1.165) is 0 Å². The van der Waals surface area contributed by atoms with Crippen LogP contribution in [0, 0.1) is 5.82 Å². The Morgan fingerprint density at radius 3 is 2.64 bits per heavy atom. The smallest absolute Gasteiger partial charge is 0.185 e. The molecule has 0 saturated heterocycles.